The highest BCUT2D eigenvalue weighted by atomic mass is 19.4. The maximum atomic E-state index is 13.4. The van der Waals surface area contributed by atoms with E-state index in [4.69, 9.17) is 0 Å². The number of aliphatic hydroxyl groups excluding tert-OH is 1. The number of carbonyl (C=O) groups excluding carboxylic acids is 2. The molecular formula is C38H40F3N5O4. The second-order valence-corrected chi connectivity index (χ2v) is 13.3. The highest BCUT2D eigenvalue weighted by Crippen LogP contribution is 2.46. The summed E-state index contributed by atoms with van der Waals surface area (Å²) in [6.45, 7) is 4.44. The van der Waals surface area contributed by atoms with Crippen LogP contribution < -0.4 is 10.6 Å². The number of aliphatic hydroxyl groups is 1. The molecule has 2 fully saturated rings. The molecule has 3 aromatic carbocycles. The van der Waals surface area contributed by atoms with E-state index in [-0.39, 0.29) is 31.5 Å². The van der Waals surface area contributed by atoms with Crippen LogP contribution in [-0.2, 0) is 26.3 Å². The molecule has 2 heterocycles. The number of hydrogen-bond acceptors (Lipinski definition) is 8. The molecule has 0 spiro atoms. The SMILES string of the molecule is CC(C)c1cccc(C2(NC[C@@H](O)[C@H](Cc3ccc(Nc4cc(-c5ccccc5)ncn4)cc3)N3CCC(OC(=O)C(F)(F)F)C3=O)CC2)c1. The zero-order valence-electron chi connectivity index (χ0n) is 27.9. The van der Waals surface area contributed by atoms with Crippen LogP contribution in [0.4, 0.5) is 24.7 Å². The molecule has 262 valence electrons. The highest BCUT2D eigenvalue weighted by Gasteiger charge is 2.48. The number of nitrogens with zero attached hydrogens (tertiary/aromatic N) is 3. The Balaban J connectivity index is 1.17. The third-order valence-electron chi connectivity index (χ3n) is 9.43. The van der Waals surface area contributed by atoms with E-state index in [1.165, 1.54) is 16.8 Å². The first-order chi connectivity index (χ1) is 23.9. The van der Waals surface area contributed by atoms with E-state index in [0.29, 0.717) is 11.7 Å². The first-order valence-electron chi connectivity index (χ1n) is 16.8. The summed E-state index contributed by atoms with van der Waals surface area (Å²) in [6.07, 6.45) is -4.48. The predicted octanol–water partition coefficient (Wildman–Crippen LogP) is 6.27. The number of ether oxygens (including phenoxy) is 1. The van der Waals surface area contributed by atoms with Gasteiger partial charge in [0.05, 0.1) is 17.8 Å². The van der Waals surface area contributed by atoms with Gasteiger partial charge in [-0.2, -0.15) is 13.2 Å². The number of anilines is 2. The Morgan fingerprint density at radius 1 is 1.02 bits per heavy atom. The van der Waals surface area contributed by atoms with Crippen LogP contribution in [-0.4, -0.2) is 69.4 Å². The molecule has 3 N–H and O–H groups in total. The first kappa shape index (κ1) is 35.0. The van der Waals surface area contributed by atoms with Crippen molar-refractivity contribution < 1.29 is 32.6 Å². The third-order valence-corrected chi connectivity index (χ3v) is 9.43. The Bertz CT molecular complexity index is 1800. The van der Waals surface area contributed by atoms with E-state index in [0.717, 1.165) is 40.9 Å². The Morgan fingerprint density at radius 2 is 1.76 bits per heavy atom. The minimum atomic E-state index is -5.22. The molecule has 9 nitrogen and oxygen atoms in total. The Labute approximate surface area is 288 Å². The van der Waals surface area contributed by atoms with Crippen LogP contribution in [0.1, 0.15) is 55.7 Å². The van der Waals surface area contributed by atoms with E-state index in [1.54, 1.807) is 0 Å². The van der Waals surface area contributed by atoms with Gasteiger partial charge in [0.25, 0.3) is 5.91 Å². The molecule has 1 aliphatic heterocycles. The summed E-state index contributed by atoms with van der Waals surface area (Å²) in [5, 5.41) is 18.4. The van der Waals surface area contributed by atoms with Gasteiger partial charge in [-0.1, -0.05) is 80.6 Å². The van der Waals surface area contributed by atoms with E-state index < -0.39 is 36.3 Å². The van der Waals surface area contributed by atoms with Crippen LogP contribution >= 0.6 is 0 Å². The molecule has 1 aliphatic carbocycles. The standard InChI is InChI=1S/C38H40F3N5O4/c1-24(2)27-9-6-10-28(20-27)37(16-17-37)44-22-32(47)31(46-18-15-33(35(46)48)50-36(49)38(39,40)41)19-25-11-13-29(14-12-25)45-34-21-30(42-23-43-34)26-7-4-3-5-8-26/h3-14,20-21,23-24,31-33,44,47H,15-19,22H2,1-2H3,(H,42,43,45)/t31-,32+,33?/m0/s1. The number of esters is 1. The van der Waals surface area contributed by atoms with Crippen LogP contribution in [0.25, 0.3) is 11.3 Å². The monoisotopic (exact) mass is 687 g/mol. The maximum Gasteiger partial charge on any atom is 0.490 e. The average Bonchev–Trinajstić information content (AvgIpc) is 3.83. The number of amides is 1. The summed E-state index contributed by atoms with van der Waals surface area (Å²) in [5.74, 6) is -2.20. The first-order valence-corrected chi connectivity index (χ1v) is 16.8. The number of alkyl halides is 3. The van der Waals surface area contributed by atoms with Crippen molar-refractivity contribution in [2.24, 2.45) is 0 Å². The quantitative estimate of drug-likeness (QED) is 0.141. The number of carbonyl (C=O) groups is 2. The largest absolute Gasteiger partial charge is 0.490 e. The summed E-state index contributed by atoms with van der Waals surface area (Å²) in [7, 11) is 0. The molecule has 3 atom stereocenters. The molecule has 50 heavy (non-hydrogen) atoms. The van der Waals surface area contributed by atoms with Crippen molar-refractivity contribution in [2.75, 3.05) is 18.4 Å². The average molecular weight is 688 g/mol. The molecule has 1 aromatic heterocycles. The van der Waals surface area contributed by atoms with E-state index in [9.17, 15) is 27.9 Å². The number of likely N-dealkylation sites (tertiary alicyclic amines) is 1. The van der Waals surface area contributed by atoms with Crippen LogP contribution in [0.15, 0.2) is 91.3 Å². The minimum absolute atomic E-state index is 0.0367. The molecule has 4 aromatic rings. The third kappa shape index (κ3) is 8.14. The van der Waals surface area contributed by atoms with E-state index >= 15 is 0 Å². The molecule has 1 saturated carbocycles. The lowest BCUT2D eigenvalue weighted by molar-refractivity contribution is -0.205. The predicted molar refractivity (Wildman–Crippen MR) is 182 cm³/mol. The van der Waals surface area contributed by atoms with Crippen LogP contribution in [0.2, 0.25) is 0 Å². The number of rotatable bonds is 13. The van der Waals surface area contributed by atoms with Gasteiger partial charge in [0.15, 0.2) is 6.10 Å². The zero-order valence-corrected chi connectivity index (χ0v) is 27.9. The van der Waals surface area contributed by atoms with Gasteiger partial charge in [0.2, 0.25) is 0 Å². The van der Waals surface area contributed by atoms with Gasteiger partial charge >= 0.3 is 12.1 Å². The zero-order chi connectivity index (χ0) is 35.5. The van der Waals surface area contributed by atoms with Crippen LogP contribution in [0, 0.1) is 0 Å². The number of hydrogen-bond donors (Lipinski definition) is 3. The van der Waals surface area contributed by atoms with Crippen molar-refractivity contribution in [3.05, 3.63) is 108 Å². The lowest BCUT2D eigenvalue weighted by Crippen LogP contribution is -2.52. The molecule has 2 aliphatic rings. The van der Waals surface area contributed by atoms with Gasteiger partial charge in [-0.3, -0.25) is 4.79 Å². The summed E-state index contributed by atoms with van der Waals surface area (Å²) < 4.78 is 43.4. The molecular weight excluding hydrogens is 647 g/mol. The maximum absolute atomic E-state index is 13.4. The van der Waals surface area contributed by atoms with Crippen molar-refractivity contribution in [1.82, 2.24) is 20.2 Å². The number of benzene rings is 3. The Kier molecular flexibility index (Phi) is 10.2. The van der Waals surface area contributed by atoms with Gasteiger partial charge < -0.3 is 25.4 Å². The van der Waals surface area contributed by atoms with Gasteiger partial charge in [-0.25, -0.2) is 14.8 Å². The number of aromatic nitrogens is 2. The number of nitrogens with one attached hydrogen (secondary N) is 2. The number of halogens is 3. The molecule has 1 unspecified atom stereocenters. The summed E-state index contributed by atoms with van der Waals surface area (Å²) in [4.78, 5) is 34.9. The van der Waals surface area contributed by atoms with Crippen molar-refractivity contribution in [3.63, 3.8) is 0 Å². The van der Waals surface area contributed by atoms with Crippen molar-refractivity contribution >= 4 is 23.4 Å². The fourth-order valence-electron chi connectivity index (χ4n) is 6.39. The van der Waals surface area contributed by atoms with E-state index in [1.807, 2.05) is 66.7 Å². The fraction of sp³-hybridized carbons (Fsp3) is 0.368. The molecule has 12 heteroatoms. The van der Waals surface area contributed by atoms with E-state index in [2.05, 4.69) is 57.4 Å². The van der Waals surface area contributed by atoms with Crippen LogP contribution in [0.5, 0.6) is 0 Å². The fourth-order valence-corrected chi connectivity index (χ4v) is 6.39. The molecule has 1 saturated heterocycles. The summed E-state index contributed by atoms with van der Waals surface area (Å²) >= 11 is 0. The normalized spacial score (nSPS) is 18.2. The van der Waals surface area contributed by atoms with Crippen LogP contribution in [0.3, 0.4) is 0 Å². The van der Waals surface area contributed by atoms with Crippen molar-refractivity contribution in [1.29, 1.82) is 0 Å². The lowest BCUT2D eigenvalue weighted by atomic mass is 9.95. The summed E-state index contributed by atoms with van der Waals surface area (Å²) in [5.41, 5.74) is 5.31. The molecule has 0 bridgehead atoms. The molecule has 1 amide bonds. The molecule has 0 radical (unpaired) electrons. The second kappa shape index (κ2) is 14.6. The van der Waals surface area contributed by atoms with Gasteiger partial charge in [0, 0.05) is 42.4 Å². The second-order valence-electron chi connectivity index (χ2n) is 13.3. The minimum Gasteiger partial charge on any atom is -0.446 e. The highest BCUT2D eigenvalue weighted by molar-refractivity contribution is 5.87. The van der Waals surface area contributed by atoms with Gasteiger partial charge in [-0.15, -0.1) is 0 Å². The van der Waals surface area contributed by atoms with Crippen molar-refractivity contribution in [3.8, 4) is 11.3 Å². The summed E-state index contributed by atoms with van der Waals surface area (Å²) in [6, 6.07) is 26.6. The lowest BCUT2D eigenvalue weighted by Gasteiger charge is -2.33. The topological polar surface area (TPSA) is 117 Å². The van der Waals surface area contributed by atoms with Gasteiger partial charge in [0.1, 0.15) is 12.1 Å². The van der Waals surface area contributed by atoms with Gasteiger partial charge in [-0.05, 0) is 54.0 Å². The Morgan fingerprint density at radius 3 is 2.44 bits per heavy atom. The molecule has 6 rings (SSSR count). The smallest absolute Gasteiger partial charge is 0.446 e. The van der Waals surface area contributed by atoms with Crippen molar-refractivity contribution in [2.45, 2.75) is 75.4 Å². The Hall–Kier alpha value is -4.81.